The number of amides is 2. The molecule has 0 bridgehead atoms. The van der Waals surface area contributed by atoms with Crippen molar-refractivity contribution in [3.05, 3.63) is 65.3 Å². The molecule has 0 unspecified atom stereocenters. The van der Waals surface area contributed by atoms with Gasteiger partial charge in [0, 0.05) is 5.02 Å². The zero-order valence-electron chi connectivity index (χ0n) is 13.5. The summed E-state index contributed by atoms with van der Waals surface area (Å²) in [5.74, 6) is -0.291. The molecule has 1 aliphatic heterocycles. The molecule has 2 aromatic rings. The molecular weight excluding hydrogens is 614 g/mol. The van der Waals surface area contributed by atoms with Crippen molar-refractivity contribution in [2.45, 2.75) is 6.61 Å². The van der Waals surface area contributed by atoms with E-state index in [1.54, 1.807) is 0 Å². The van der Waals surface area contributed by atoms with Gasteiger partial charge in [0.2, 0.25) is 0 Å². The summed E-state index contributed by atoms with van der Waals surface area (Å²) >= 11 is 15.0. The molecule has 138 valence electrons. The average molecular weight is 625 g/mol. The Morgan fingerprint density at radius 1 is 1.04 bits per heavy atom. The molecule has 9 heteroatoms. The number of benzene rings is 2. The van der Waals surface area contributed by atoms with Crippen molar-refractivity contribution in [1.82, 2.24) is 10.6 Å². The molecule has 0 saturated carbocycles. The van der Waals surface area contributed by atoms with Crippen LogP contribution in [0, 0.1) is 7.14 Å². The van der Waals surface area contributed by atoms with Crippen LogP contribution >= 0.6 is 69.0 Å². The number of halogens is 3. The van der Waals surface area contributed by atoms with Gasteiger partial charge in [0.1, 0.15) is 17.9 Å². The molecule has 2 aromatic carbocycles. The van der Waals surface area contributed by atoms with Crippen molar-refractivity contribution >= 4 is 92.0 Å². The van der Waals surface area contributed by atoms with Crippen LogP contribution in [0.2, 0.25) is 5.02 Å². The van der Waals surface area contributed by atoms with Crippen LogP contribution < -0.4 is 15.4 Å². The number of nitrogens with one attached hydrogen (secondary N) is 2. The van der Waals surface area contributed by atoms with Crippen LogP contribution in [0.15, 0.2) is 42.0 Å². The molecule has 0 atom stereocenters. The van der Waals surface area contributed by atoms with E-state index >= 15 is 0 Å². The summed E-state index contributed by atoms with van der Waals surface area (Å²) in [5, 5.41) is 5.52. The third-order valence-corrected chi connectivity index (χ3v) is 5.63. The van der Waals surface area contributed by atoms with Crippen molar-refractivity contribution < 1.29 is 14.3 Å². The van der Waals surface area contributed by atoms with Gasteiger partial charge >= 0.3 is 0 Å². The second-order valence-corrected chi connectivity index (χ2v) is 8.69. The van der Waals surface area contributed by atoms with Crippen LogP contribution in [0.1, 0.15) is 11.1 Å². The Hall–Kier alpha value is -1.24. The summed E-state index contributed by atoms with van der Waals surface area (Å²) in [6.45, 7) is 0.409. The predicted octanol–water partition coefficient (Wildman–Crippen LogP) is 4.04. The lowest BCUT2D eigenvalue weighted by Gasteiger charge is -2.16. The minimum Gasteiger partial charge on any atom is -0.487 e. The summed E-state index contributed by atoms with van der Waals surface area (Å²) < 4.78 is 7.68. The fourth-order valence-corrected chi connectivity index (χ4v) is 4.75. The van der Waals surface area contributed by atoms with Crippen LogP contribution in [0.5, 0.6) is 5.75 Å². The Bertz CT molecular complexity index is 932. The van der Waals surface area contributed by atoms with E-state index in [2.05, 4.69) is 55.8 Å². The zero-order valence-corrected chi connectivity index (χ0v) is 19.4. The van der Waals surface area contributed by atoms with E-state index in [-0.39, 0.29) is 10.7 Å². The van der Waals surface area contributed by atoms with Crippen molar-refractivity contribution in [3.63, 3.8) is 0 Å². The molecule has 1 heterocycles. The summed E-state index contributed by atoms with van der Waals surface area (Å²) in [5.41, 5.74) is 1.73. The van der Waals surface area contributed by atoms with Crippen molar-refractivity contribution in [3.8, 4) is 5.75 Å². The van der Waals surface area contributed by atoms with Crippen LogP contribution in [-0.4, -0.2) is 16.9 Å². The van der Waals surface area contributed by atoms with Gasteiger partial charge in [-0.3, -0.25) is 20.2 Å². The maximum absolute atomic E-state index is 12.0. The number of carbonyl (C=O) groups is 2. The van der Waals surface area contributed by atoms with E-state index in [4.69, 9.17) is 28.6 Å². The fraction of sp³-hybridized carbons (Fsp3) is 0.0556. The molecular formula is C18H11ClI2N2O3S. The number of carbonyl (C=O) groups excluding carboxylic acids is 2. The van der Waals surface area contributed by atoms with Gasteiger partial charge in [0.15, 0.2) is 5.11 Å². The number of thiocarbonyl (C=S) groups is 1. The SMILES string of the molecule is O=C1NC(=S)NC(=O)C1=Cc1cc(I)c(OCc2ccc(Cl)cc2)c(I)c1. The van der Waals surface area contributed by atoms with Crippen LogP contribution in [0.25, 0.3) is 6.08 Å². The first-order valence-corrected chi connectivity index (χ1v) is 10.5. The van der Waals surface area contributed by atoms with Gasteiger partial charge in [0.05, 0.1) is 7.14 Å². The van der Waals surface area contributed by atoms with E-state index < -0.39 is 11.8 Å². The van der Waals surface area contributed by atoms with Crippen LogP contribution in [0.3, 0.4) is 0 Å². The Balaban J connectivity index is 1.81. The topological polar surface area (TPSA) is 67.4 Å². The predicted molar refractivity (Wildman–Crippen MR) is 125 cm³/mol. The van der Waals surface area contributed by atoms with Crippen molar-refractivity contribution in [2.24, 2.45) is 0 Å². The lowest BCUT2D eigenvalue weighted by atomic mass is 10.1. The van der Waals surface area contributed by atoms with Crippen molar-refractivity contribution in [2.75, 3.05) is 0 Å². The quantitative estimate of drug-likeness (QED) is 0.233. The lowest BCUT2D eigenvalue weighted by Crippen LogP contribution is -2.51. The van der Waals surface area contributed by atoms with E-state index in [9.17, 15) is 9.59 Å². The fourth-order valence-electron chi connectivity index (χ4n) is 2.31. The molecule has 0 aromatic heterocycles. The van der Waals surface area contributed by atoms with E-state index in [1.165, 1.54) is 6.08 Å². The molecule has 1 saturated heterocycles. The van der Waals surface area contributed by atoms with E-state index in [0.29, 0.717) is 11.6 Å². The highest BCUT2D eigenvalue weighted by Crippen LogP contribution is 2.30. The zero-order chi connectivity index (χ0) is 19.6. The second-order valence-electron chi connectivity index (χ2n) is 5.52. The number of ether oxygens (including phenoxy) is 1. The molecule has 1 fully saturated rings. The van der Waals surface area contributed by atoms with E-state index in [0.717, 1.165) is 24.0 Å². The Kier molecular flexibility index (Phi) is 6.71. The van der Waals surface area contributed by atoms with Gasteiger partial charge in [-0.1, -0.05) is 23.7 Å². The molecule has 1 aliphatic rings. The maximum atomic E-state index is 12.0. The van der Waals surface area contributed by atoms with Crippen LogP contribution in [0.4, 0.5) is 0 Å². The van der Waals surface area contributed by atoms with Crippen molar-refractivity contribution in [1.29, 1.82) is 0 Å². The number of hydrogen-bond donors (Lipinski definition) is 2. The van der Waals surface area contributed by atoms with Gasteiger partial charge in [-0.05, 0) is 98.9 Å². The first-order chi connectivity index (χ1) is 12.8. The molecule has 2 amide bonds. The first-order valence-electron chi connectivity index (χ1n) is 7.58. The Labute approximate surface area is 193 Å². The average Bonchev–Trinajstić information content (AvgIpc) is 2.59. The second kappa shape index (κ2) is 8.84. The minimum atomic E-state index is -0.517. The molecule has 0 radical (unpaired) electrons. The standard InChI is InChI=1S/C18H11ClI2N2O3S/c19-11-3-1-9(2-4-11)8-26-15-13(20)6-10(7-14(15)21)5-12-16(24)22-18(27)23-17(12)25/h1-7H,8H2,(H2,22,23,24,25,27). The third kappa shape index (κ3) is 5.18. The first kappa shape index (κ1) is 20.5. The molecule has 0 spiro atoms. The van der Waals surface area contributed by atoms with Gasteiger partial charge in [-0.2, -0.15) is 0 Å². The maximum Gasteiger partial charge on any atom is 0.263 e. The molecule has 2 N–H and O–H groups in total. The molecule has 27 heavy (non-hydrogen) atoms. The molecule has 3 rings (SSSR count). The number of hydrogen-bond acceptors (Lipinski definition) is 4. The normalized spacial score (nSPS) is 13.9. The smallest absolute Gasteiger partial charge is 0.263 e. The summed E-state index contributed by atoms with van der Waals surface area (Å²) in [4.78, 5) is 23.9. The lowest BCUT2D eigenvalue weighted by molar-refractivity contribution is -0.123. The highest BCUT2D eigenvalue weighted by molar-refractivity contribution is 14.1. The summed E-state index contributed by atoms with van der Waals surface area (Å²) in [7, 11) is 0. The Morgan fingerprint density at radius 2 is 1.59 bits per heavy atom. The summed E-state index contributed by atoms with van der Waals surface area (Å²) in [6.07, 6.45) is 1.53. The monoisotopic (exact) mass is 624 g/mol. The Morgan fingerprint density at radius 3 is 2.15 bits per heavy atom. The minimum absolute atomic E-state index is 0.00466. The van der Waals surface area contributed by atoms with Gasteiger partial charge in [-0.15, -0.1) is 0 Å². The van der Waals surface area contributed by atoms with Gasteiger partial charge < -0.3 is 4.74 Å². The van der Waals surface area contributed by atoms with Gasteiger partial charge in [0.25, 0.3) is 11.8 Å². The summed E-state index contributed by atoms with van der Waals surface area (Å²) in [6, 6.07) is 11.1. The number of rotatable bonds is 4. The third-order valence-electron chi connectivity index (χ3n) is 3.57. The highest BCUT2D eigenvalue weighted by Gasteiger charge is 2.25. The molecule has 5 nitrogen and oxygen atoms in total. The molecule has 0 aliphatic carbocycles. The highest BCUT2D eigenvalue weighted by atomic mass is 127. The van der Waals surface area contributed by atoms with E-state index in [1.807, 2.05) is 36.4 Å². The van der Waals surface area contributed by atoms with Gasteiger partial charge in [-0.25, -0.2) is 0 Å². The largest absolute Gasteiger partial charge is 0.487 e. The van der Waals surface area contributed by atoms with Crippen LogP contribution in [-0.2, 0) is 16.2 Å².